The Labute approximate surface area is 148 Å². The number of H-pyrrole nitrogens is 1. The van der Waals surface area contributed by atoms with Crippen molar-refractivity contribution in [2.24, 2.45) is 7.05 Å². The van der Waals surface area contributed by atoms with Gasteiger partial charge in [0.2, 0.25) is 5.88 Å². The summed E-state index contributed by atoms with van der Waals surface area (Å²) in [6.45, 7) is 13.4. The lowest BCUT2D eigenvalue weighted by atomic mass is 10.5. The predicted octanol–water partition coefficient (Wildman–Crippen LogP) is 3.46. The highest BCUT2D eigenvalue weighted by molar-refractivity contribution is 6.78. The van der Waals surface area contributed by atoms with Crippen molar-refractivity contribution < 1.29 is 4.43 Å². The molecule has 0 radical (unpaired) electrons. The predicted molar refractivity (Wildman–Crippen MR) is 102 cm³/mol. The zero-order chi connectivity index (χ0) is 18.5. The van der Waals surface area contributed by atoms with Crippen LogP contribution in [0.2, 0.25) is 16.6 Å². The molecule has 0 fully saturated rings. The number of rotatable bonds is 5. The Balaban J connectivity index is 2.18. The molecule has 25 heavy (non-hydrogen) atoms. The lowest BCUT2D eigenvalue weighted by molar-refractivity contribution is 0.461. The van der Waals surface area contributed by atoms with Gasteiger partial charge in [-0.05, 0) is 16.6 Å². The second kappa shape index (κ2) is 6.01. The normalized spacial score (nSPS) is 13.0. The summed E-state index contributed by atoms with van der Waals surface area (Å²) >= 11 is 0. The average Bonchev–Trinajstić information content (AvgIpc) is 3.07. The highest BCUT2D eigenvalue weighted by Crippen LogP contribution is 2.42. The Hall–Kier alpha value is -2.09. The van der Waals surface area contributed by atoms with Crippen LogP contribution in [-0.2, 0) is 7.05 Å². The number of aromatic nitrogens is 5. The van der Waals surface area contributed by atoms with Crippen LogP contribution < -0.4 is 9.99 Å². The van der Waals surface area contributed by atoms with E-state index in [2.05, 4.69) is 56.6 Å². The molecule has 0 amide bonds. The topological polar surface area (TPSA) is 77.2 Å². The van der Waals surface area contributed by atoms with Gasteiger partial charge in [0.1, 0.15) is 5.65 Å². The van der Waals surface area contributed by atoms with Crippen LogP contribution in [-0.4, -0.2) is 32.5 Å². The minimum Gasteiger partial charge on any atom is -0.529 e. The molecule has 0 aliphatic heterocycles. The van der Waals surface area contributed by atoms with E-state index in [9.17, 15) is 4.79 Å². The van der Waals surface area contributed by atoms with Gasteiger partial charge >= 0.3 is 0 Å². The number of hydrogen-bond donors (Lipinski definition) is 1. The Morgan fingerprint density at radius 3 is 2.28 bits per heavy atom. The fourth-order valence-corrected chi connectivity index (χ4v) is 9.37. The summed E-state index contributed by atoms with van der Waals surface area (Å²) in [5.41, 5.74) is 2.81. The first-order valence-corrected chi connectivity index (χ1v) is 10.9. The van der Waals surface area contributed by atoms with Crippen molar-refractivity contribution >= 4 is 25.1 Å². The molecule has 0 atom stereocenters. The molecule has 0 aliphatic rings. The van der Waals surface area contributed by atoms with Gasteiger partial charge in [-0.1, -0.05) is 41.5 Å². The maximum Gasteiger partial charge on any atom is 0.279 e. The van der Waals surface area contributed by atoms with Gasteiger partial charge in [0.25, 0.3) is 13.9 Å². The monoisotopic (exact) mass is 361 g/mol. The fraction of sp³-hybridized carbons (Fsp3) is 0.588. The van der Waals surface area contributed by atoms with Crippen molar-refractivity contribution in [2.45, 2.75) is 58.2 Å². The standard InChI is InChI=1S/C17H27N5O2Si/c1-10(2)25(11(3)4,12(5)6)24-14-8-13-19-16(23)15-17(22(13)20-14)21(7)9-18-15/h8-12H,1-7H3,(H,19,23). The first-order chi connectivity index (χ1) is 11.7. The van der Waals surface area contributed by atoms with Crippen molar-refractivity contribution in [1.29, 1.82) is 0 Å². The second-order valence-corrected chi connectivity index (χ2v) is 13.1. The first-order valence-electron chi connectivity index (χ1n) is 8.80. The van der Waals surface area contributed by atoms with Gasteiger partial charge in [0.15, 0.2) is 11.2 Å². The van der Waals surface area contributed by atoms with Gasteiger partial charge in [0.05, 0.1) is 6.33 Å². The summed E-state index contributed by atoms with van der Waals surface area (Å²) in [5.74, 6) is 0.576. The number of aromatic amines is 1. The van der Waals surface area contributed by atoms with Gasteiger partial charge < -0.3 is 14.0 Å². The van der Waals surface area contributed by atoms with Crippen LogP contribution in [0.3, 0.4) is 0 Å². The number of hydrogen-bond acceptors (Lipinski definition) is 4. The molecule has 1 N–H and O–H groups in total. The molecule has 3 heterocycles. The molecular weight excluding hydrogens is 334 g/mol. The highest BCUT2D eigenvalue weighted by atomic mass is 28.4. The average molecular weight is 362 g/mol. The minimum atomic E-state index is -2.10. The van der Waals surface area contributed by atoms with E-state index in [1.807, 2.05) is 13.1 Å². The molecular formula is C17H27N5O2Si. The molecule has 0 bridgehead atoms. The molecule has 0 aromatic carbocycles. The minimum absolute atomic E-state index is 0.213. The maximum atomic E-state index is 12.2. The van der Waals surface area contributed by atoms with E-state index < -0.39 is 8.32 Å². The number of fused-ring (bicyclic) bond motifs is 3. The van der Waals surface area contributed by atoms with Gasteiger partial charge in [0, 0.05) is 13.1 Å². The fourth-order valence-electron chi connectivity index (χ4n) is 4.20. The summed E-state index contributed by atoms with van der Waals surface area (Å²) in [6, 6.07) is 1.82. The quantitative estimate of drug-likeness (QED) is 0.706. The number of aryl methyl sites for hydroxylation is 1. The van der Waals surface area contributed by atoms with E-state index in [4.69, 9.17) is 4.43 Å². The van der Waals surface area contributed by atoms with E-state index in [1.54, 1.807) is 15.4 Å². The van der Waals surface area contributed by atoms with E-state index in [-0.39, 0.29) is 5.56 Å². The van der Waals surface area contributed by atoms with Crippen molar-refractivity contribution in [3.05, 3.63) is 22.7 Å². The molecule has 0 spiro atoms. The summed E-state index contributed by atoms with van der Waals surface area (Å²) in [4.78, 5) is 19.2. The van der Waals surface area contributed by atoms with E-state index in [0.29, 0.717) is 39.3 Å². The Bertz CT molecular complexity index is 945. The van der Waals surface area contributed by atoms with Crippen molar-refractivity contribution in [3.8, 4) is 5.88 Å². The Morgan fingerprint density at radius 2 is 1.72 bits per heavy atom. The van der Waals surface area contributed by atoms with Crippen molar-refractivity contribution in [1.82, 2.24) is 24.1 Å². The zero-order valence-corrected chi connectivity index (χ0v) is 17.0. The zero-order valence-electron chi connectivity index (χ0n) is 16.0. The van der Waals surface area contributed by atoms with Crippen LogP contribution >= 0.6 is 0 Å². The number of nitrogens with zero attached hydrogens (tertiary/aromatic N) is 4. The number of imidazole rings is 1. The third kappa shape index (κ3) is 2.59. The van der Waals surface area contributed by atoms with Crippen LogP contribution in [0.4, 0.5) is 0 Å². The van der Waals surface area contributed by atoms with Crippen LogP contribution in [0.15, 0.2) is 17.2 Å². The summed E-state index contributed by atoms with van der Waals surface area (Å²) in [6.07, 6.45) is 1.62. The summed E-state index contributed by atoms with van der Waals surface area (Å²) < 4.78 is 10.1. The lowest BCUT2D eigenvalue weighted by Gasteiger charge is -2.41. The maximum absolute atomic E-state index is 12.2. The van der Waals surface area contributed by atoms with Crippen molar-refractivity contribution in [2.75, 3.05) is 0 Å². The molecule has 3 rings (SSSR count). The van der Waals surface area contributed by atoms with Crippen molar-refractivity contribution in [3.63, 3.8) is 0 Å². The molecule has 3 aromatic rings. The Morgan fingerprint density at radius 1 is 1.12 bits per heavy atom. The third-order valence-corrected chi connectivity index (χ3v) is 11.2. The van der Waals surface area contributed by atoms with Crippen LogP contribution in [0, 0.1) is 0 Å². The van der Waals surface area contributed by atoms with E-state index >= 15 is 0 Å². The highest BCUT2D eigenvalue weighted by Gasteiger charge is 2.47. The number of nitrogens with one attached hydrogen (secondary N) is 1. The second-order valence-electron chi connectivity index (χ2n) is 7.68. The van der Waals surface area contributed by atoms with Crippen LogP contribution in [0.25, 0.3) is 16.8 Å². The van der Waals surface area contributed by atoms with Crippen LogP contribution in [0.5, 0.6) is 5.88 Å². The lowest BCUT2D eigenvalue weighted by Crippen LogP contribution is -2.50. The SMILES string of the molecule is CC(C)[Si](Oc1cc2[nH]c(=O)c3ncn(C)c3n2n1)(C(C)C)C(C)C. The molecule has 136 valence electrons. The first kappa shape index (κ1) is 17.7. The van der Waals surface area contributed by atoms with Gasteiger partial charge in [-0.2, -0.15) is 4.52 Å². The molecule has 0 saturated heterocycles. The Kier molecular flexibility index (Phi) is 4.26. The van der Waals surface area contributed by atoms with Gasteiger partial charge in [-0.15, -0.1) is 5.10 Å². The van der Waals surface area contributed by atoms with E-state index in [1.165, 1.54) is 0 Å². The third-order valence-electron chi connectivity index (χ3n) is 5.24. The molecule has 3 aromatic heterocycles. The summed E-state index contributed by atoms with van der Waals surface area (Å²) in [7, 11) is -0.247. The van der Waals surface area contributed by atoms with Gasteiger partial charge in [-0.25, -0.2) is 4.98 Å². The molecule has 8 heteroatoms. The molecule has 0 unspecified atom stereocenters. The van der Waals surface area contributed by atoms with Gasteiger partial charge in [-0.3, -0.25) is 4.79 Å². The molecule has 7 nitrogen and oxygen atoms in total. The molecule has 0 saturated carbocycles. The summed E-state index contributed by atoms with van der Waals surface area (Å²) in [5, 5.41) is 4.65. The largest absolute Gasteiger partial charge is 0.529 e. The van der Waals surface area contributed by atoms with Crippen LogP contribution in [0.1, 0.15) is 41.5 Å². The molecule has 0 aliphatic carbocycles. The van der Waals surface area contributed by atoms with E-state index in [0.717, 1.165) is 0 Å². The smallest absolute Gasteiger partial charge is 0.279 e.